The van der Waals surface area contributed by atoms with Gasteiger partial charge in [0.2, 0.25) is 11.2 Å². The van der Waals surface area contributed by atoms with Crippen molar-refractivity contribution >= 4 is 29.0 Å². The maximum atomic E-state index is 14.1. The van der Waals surface area contributed by atoms with E-state index in [1.807, 2.05) is 18.2 Å². The molecule has 2 fully saturated rings. The Balaban J connectivity index is 1.38. The Morgan fingerprint density at radius 1 is 1.33 bits per heavy atom. The molecule has 1 aromatic heterocycles. The summed E-state index contributed by atoms with van der Waals surface area (Å²) in [7, 11) is 0. The fourth-order valence-corrected chi connectivity index (χ4v) is 5.34. The zero-order chi connectivity index (χ0) is 21.3. The lowest BCUT2D eigenvalue weighted by molar-refractivity contribution is -0.123. The molecule has 2 aliphatic rings. The summed E-state index contributed by atoms with van der Waals surface area (Å²) in [6.07, 6.45) is 3.75. The summed E-state index contributed by atoms with van der Waals surface area (Å²) in [5, 5.41) is 6.59. The Morgan fingerprint density at radius 3 is 2.93 bits per heavy atom. The molecule has 0 spiro atoms. The smallest absolute Gasteiger partial charge is 0.224 e. The van der Waals surface area contributed by atoms with E-state index in [1.165, 1.54) is 5.56 Å². The van der Waals surface area contributed by atoms with Gasteiger partial charge < -0.3 is 22.1 Å². The number of primary amides is 1. The van der Waals surface area contributed by atoms with Gasteiger partial charge in [-0.3, -0.25) is 4.79 Å². The lowest BCUT2D eigenvalue weighted by Crippen LogP contribution is -2.47. The van der Waals surface area contributed by atoms with E-state index in [1.54, 1.807) is 0 Å². The molecule has 2 bridgehead atoms. The van der Waals surface area contributed by atoms with Gasteiger partial charge in [0.05, 0.1) is 12.1 Å². The highest BCUT2D eigenvalue weighted by Gasteiger charge is 2.54. The minimum Gasteiger partial charge on any atom is -0.399 e. The molecule has 2 aromatic rings. The van der Waals surface area contributed by atoms with Gasteiger partial charge >= 0.3 is 0 Å². The van der Waals surface area contributed by atoms with Crippen LogP contribution < -0.4 is 22.1 Å². The van der Waals surface area contributed by atoms with Gasteiger partial charge in [0, 0.05) is 11.7 Å². The van der Waals surface area contributed by atoms with Crippen LogP contribution in [-0.2, 0) is 11.2 Å². The van der Waals surface area contributed by atoms with Gasteiger partial charge in [0.1, 0.15) is 0 Å². The molecule has 0 radical (unpaired) electrons. The molecular weight excluding hydrogens is 407 g/mol. The fraction of sp³-hybridized carbons (Fsp3) is 0.476. The molecule has 7 nitrogen and oxygen atoms in total. The molecular formula is C21H26ClFN6O. The Bertz CT molecular complexity index is 928. The predicted molar refractivity (Wildman–Crippen MR) is 114 cm³/mol. The highest BCUT2D eigenvalue weighted by Crippen LogP contribution is 2.52. The van der Waals surface area contributed by atoms with Crippen LogP contribution in [0.3, 0.4) is 0 Å². The predicted octanol–water partition coefficient (Wildman–Crippen LogP) is 2.22. The minimum atomic E-state index is -0.595. The summed E-state index contributed by atoms with van der Waals surface area (Å²) in [6, 6.07) is 7.62. The number of nitrogen functional groups attached to an aromatic ring is 1. The highest BCUT2D eigenvalue weighted by molar-refractivity contribution is 6.28. The first-order chi connectivity index (χ1) is 14.4. The van der Waals surface area contributed by atoms with E-state index in [-0.39, 0.29) is 40.8 Å². The van der Waals surface area contributed by atoms with E-state index in [0.717, 1.165) is 44.2 Å². The fourth-order valence-electron chi connectivity index (χ4n) is 5.21. The van der Waals surface area contributed by atoms with Crippen LogP contribution in [-0.4, -0.2) is 35.0 Å². The zero-order valence-electron chi connectivity index (χ0n) is 16.5. The van der Waals surface area contributed by atoms with E-state index in [9.17, 15) is 9.18 Å². The summed E-state index contributed by atoms with van der Waals surface area (Å²) in [5.41, 5.74) is 13.5. The number of nitrogens with two attached hydrogens (primary N) is 2. The van der Waals surface area contributed by atoms with Gasteiger partial charge in [-0.05, 0) is 79.4 Å². The van der Waals surface area contributed by atoms with Crippen LogP contribution in [0.15, 0.2) is 30.5 Å². The quantitative estimate of drug-likeness (QED) is 0.288. The van der Waals surface area contributed by atoms with Crippen LogP contribution in [0.1, 0.15) is 18.4 Å². The molecule has 0 saturated heterocycles. The van der Waals surface area contributed by atoms with Gasteiger partial charge in [0.25, 0.3) is 0 Å². The van der Waals surface area contributed by atoms with Crippen LogP contribution in [0.2, 0.25) is 5.28 Å². The van der Waals surface area contributed by atoms with Crippen molar-refractivity contribution < 1.29 is 9.18 Å². The molecule has 2 saturated carbocycles. The topological polar surface area (TPSA) is 119 Å². The van der Waals surface area contributed by atoms with Crippen LogP contribution in [0, 0.1) is 29.5 Å². The summed E-state index contributed by atoms with van der Waals surface area (Å²) < 4.78 is 14.1. The van der Waals surface area contributed by atoms with Crippen molar-refractivity contribution in [3.8, 4) is 0 Å². The molecule has 160 valence electrons. The molecule has 1 aromatic carbocycles. The third-order valence-electron chi connectivity index (χ3n) is 6.44. The lowest BCUT2D eigenvalue weighted by Gasteiger charge is -2.35. The molecule has 1 heterocycles. The average molecular weight is 433 g/mol. The maximum Gasteiger partial charge on any atom is 0.224 e. The van der Waals surface area contributed by atoms with Gasteiger partial charge in [-0.15, -0.1) is 0 Å². The second kappa shape index (κ2) is 8.73. The number of nitrogens with zero attached hydrogens (tertiary/aromatic N) is 2. The molecule has 6 N–H and O–H groups in total. The molecule has 0 aliphatic heterocycles. The maximum absolute atomic E-state index is 14.1. The van der Waals surface area contributed by atoms with Crippen molar-refractivity contribution in [2.24, 2.45) is 29.4 Å². The van der Waals surface area contributed by atoms with Gasteiger partial charge in [-0.25, -0.2) is 9.37 Å². The summed E-state index contributed by atoms with van der Waals surface area (Å²) in [6.45, 7) is 1.67. The first-order valence-corrected chi connectivity index (χ1v) is 10.6. The van der Waals surface area contributed by atoms with Crippen molar-refractivity contribution in [1.29, 1.82) is 0 Å². The number of amides is 1. The van der Waals surface area contributed by atoms with Crippen LogP contribution in [0.4, 0.5) is 15.9 Å². The second-order valence-corrected chi connectivity index (χ2v) is 8.63. The molecule has 2 aliphatic carbocycles. The third-order valence-corrected chi connectivity index (χ3v) is 6.62. The van der Waals surface area contributed by atoms with Crippen LogP contribution >= 0.6 is 11.6 Å². The summed E-state index contributed by atoms with van der Waals surface area (Å²) in [4.78, 5) is 19.7. The van der Waals surface area contributed by atoms with E-state index in [4.69, 9.17) is 23.1 Å². The van der Waals surface area contributed by atoms with Crippen molar-refractivity contribution in [3.63, 3.8) is 0 Å². The number of anilines is 2. The minimum absolute atomic E-state index is 0.0205. The number of nitrogens with one attached hydrogen (secondary N) is 2. The standard InChI is InChI=1S/C21H26ClFN6O/c22-21-27-10-16(23)20(29-21)28-18-15-8-12(17(18)19(25)30)7-13(15)9-26-5-4-11-2-1-3-14(24)6-11/h1-3,6,10,12-13,15,17-18,26H,4-5,7-9,24H2,(H2,25,30)(H,27,28,29)/t12-,13-,15+,17-,18+/m0/s1. The number of hydrogen-bond donors (Lipinski definition) is 4. The Morgan fingerprint density at radius 2 is 2.17 bits per heavy atom. The van der Waals surface area contributed by atoms with E-state index in [0.29, 0.717) is 5.92 Å². The number of carbonyl (C=O) groups is 1. The van der Waals surface area contributed by atoms with E-state index in [2.05, 4.69) is 26.7 Å². The largest absolute Gasteiger partial charge is 0.399 e. The zero-order valence-corrected chi connectivity index (χ0v) is 17.3. The summed E-state index contributed by atoms with van der Waals surface area (Å²) >= 11 is 5.82. The molecule has 30 heavy (non-hydrogen) atoms. The van der Waals surface area contributed by atoms with Crippen LogP contribution in [0.5, 0.6) is 0 Å². The van der Waals surface area contributed by atoms with Gasteiger partial charge in [-0.2, -0.15) is 4.98 Å². The van der Waals surface area contributed by atoms with E-state index >= 15 is 0 Å². The molecule has 9 heteroatoms. The summed E-state index contributed by atoms with van der Waals surface area (Å²) in [5.74, 6) is -0.481. The number of hydrogen-bond acceptors (Lipinski definition) is 6. The Hall–Kier alpha value is -2.45. The van der Waals surface area contributed by atoms with Crippen molar-refractivity contribution in [2.75, 3.05) is 24.1 Å². The van der Waals surface area contributed by atoms with Crippen molar-refractivity contribution in [3.05, 3.63) is 47.1 Å². The number of fused-ring (bicyclic) bond motifs is 2. The Labute approximate surface area is 179 Å². The average Bonchev–Trinajstić information content (AvgIpc) is 3.26. The Kier molecular flexibility index (Phi) is 6.06. The highest BCUT2D eigenvalue weighted by atomic mass is 35.5. The van der Waals surface area contributed by atoms with Crippen molar-refractivity contribution in [2.45, 2.75) is 25.3 Å². The normalized spacial score (nSPS) is 27.3. The van der Waals surface area contributed by atoms with Crippen LogP contribution in [0.25, 0.3) is 0 Å². The van der Waals surface area contributed by atoms with E-state index < -0.39 is 5.82 Å². The monoisotopic (exact) mass is 432 g/mol. The molecule has 4 rings (SSSR count). The lowest BCUT2D eigenvalue weighted by atomic mass is 9.77. The van der Waals surface area contributed by atoms with Crippen molar-refractivity contribution in [1.82, 2.24) is 15.3 Å². The molecule has 0 unspecified atom stereocenters. The number of rotatable bonds is 8. The number of carbonyl (C=O) groups excluding carboxylic acids is 1. The molecule has 5 atom stereocenters. The third kappa shape index (κ3) is 4.34. The first-order valence-electron chi connectivity index (χ1n) is 10.2. The first kappa shape index (κ1) is 20.8. The number of aromatic nitrogens is 2. The van der Waals surface area contributed by atoms with Gasteiger partial charge in [-0.1, -0.05) is 12.1 Å². The SMILES string of the molecule is NC(=O)[C@H]1[C@H]2C[C@@H](CNCCc3cccc(N)c3)[C@@H](C2)[C@H]1Nc1nc(Cl)ncc1F. The number of benzene rings is 1. The number of halogens is 2. The second-order valence-electron chi connectivity index (χ2n) is 8.29. The van der Waals surface area contributed by atoms with Gasteiger partial charge in [0.15, 0.2) is 11.6 Å². The molecule has 1 amide bonds.